The molecule has 3 nitrogen and oxygen atoms in total. The van der Waals surface area contributed by atoms with E-state index in [1.165, 1.54) is 0 Å². The van der Waals surface area contributed by atoms with E-state index in [9.17, 15) is 4.79 Å². The summed E-state index contributed by atoms with van der Waals surface area (Å²) in [6.07, 6.45) is 4.35. The van der Waals surface area contributed by atoms with Crippen LogP contribution in [-0.4, -0.2) is 18.3 Å². The Morgan fingerprint density at radius 3 is 2.12 bits per heavy atom. The molecule has 3 heteroatoms. The van der Waals surface area contributed by atoms with Gasteiger partial charge in [0, 0.05) is 36.4 Å². The summed E-state index contributed by atoms with van der Waals surface area (Å²) in [4.78, 5) is 16.5. The Hall–Kier alpha value is -2.16. The number of aldehydes is 1. The van der Waals surface area contributed by atoms with E-state index in [-0.39, 0.29) is 0 Å². The van der Waals surface area contributed by atoms with Crippen LogP contribution in [0.25, 0.3) is 0 Å². The molecule has 0 saturated carbocycles. The number of hydrogen-bond donors (Lipinski definition) is 0. The van der Waals surface area contributed by atoms with Crippen LogP contribution in [-0.2, 0) is 0 Å². The molecule has 0 aliphatic rings. The quantitative estimate of drug-likeness (QED) is 0.733. The molecule has 0 atom stereocenters. The predicted octanol–water partition coefficient (Wildman–Crippen LogP) is 2.66. The van der Waals surface area contributed by atoms with Crippen LogP contribution in [0.5, 0.6) is 0 Å². The number of nitrogens with zero attached hydrogens (tertiary/aromatic N) is 2. The fourth-order valence-electron chi connectivity index (χ4n) is 1.49. The van der Waals surface area contributed by atoms with Gasteiger partial charge in [0.2, 0.25) is 0 Å². The minimum Gasteiger partial charge on any atom is -0.345 e. The van der Waals surface area contributed by atoms with E-state index < -0.39 is 0 Å². The molecular formula is C13H12N2O. The lowest BCUT2D eigenvalue weighted by Gasteiger charge is -2.19. The van der Waals surface area contributed by atoms with Crippen molar-refractivity contribution >= 4 is 17.7 Å². The molecule has 1 aromatic heterocycles. The normalized spacial score (nSPS) is 9.81. The molecule has 0 aliphatic heterocycles. The predicted molar refractivity (Wildman–Crippen MR) is 64.1 cm³/mol. The topological polar surface area (TPSA) is 33.2 Å². The van der Waals surface area contributed by atoms with E-state index in [2.05, 4.69) is 4.98 Å². The highest BCUT2D eigenvalue weighted by atomic mass is 16.1. The lowest BCUT2D eigenvalue weighted by atomic mass is 10.2. The first-order valence-corrected chi connectivity index (χ1v) is 5.00. The van der Waals surface area contributed by atoms with Crippen molar-refractivity contribution in [2.24, 2.45) is 0 Å². The Bertz CT molecular complexity index is 465. The molecule has 0 amide bonds. The van der Waals surface area contributed by atoms with Gasteiger partial charge < -0.3 is 4.90 Å². The van der Waals surface area contributed by atoms with Gasteiger partial charge in [0.15, 0.2) is 0 Å². The van der Waals surface area contributed by atoms with Gasteiger partial charge in [-0.3, -0.25) is 9.78 Å². The smallest absolute Gasteiger partial charge is 0.150 e. The number of pyridine rings is 1. The lowest BCUT2D eigenvalue weighted by molar-refractivity contribution is 0.112. The standard InChI is InChI=1S/C13H12N2O/c1-15(13-6-8-14-9-7-13)12-4-2-11(10-16)3-5-12/h2-10H,1H3. The summed E-state index contributed by atoms with van der Waals surface area (Å²) in [5.74, 6) is 0. The van der Waals surface area contributed by atoms with Crippen LogP contribution < -0.4 is 4.90 Å². The summed E-state index contributed by atoms with van der Waals surface area (Å²) in [7, 11) is 1.98. The maximum absolute atomic E-state index is 10.5. The Kier molecular flexibility index (Phi) is 2.96. The Balaban J connectivity index is 2.27. The van der Waals surface area contributed by atoms with Gasteiger partial charge in [0.25, 0.3) is 0 Å². The number of carbonyl (C=O) groups excluding carboxylic acids is 1. The van der Waals surface area contributed by atoms with E-state index in [1.807, 2.05) is 36.2 Å². The van der Waals surface area contributed by atoms with Gasteiger partial charge >= 0.3 is 0 Å². The summed E-state index contributed by atoms with van der Waals surface area (Å²) < 4.78 is 0. The van der Waals surface area contributed by atoms with Crippen molar-refractivity contribution in [1.82, 2.24) is 4.98 Å². The summed E-state index contributed by atoms with van der Waals surface area (Å²) in [5, 5.41) is 0. The minimum absolute atomic E-state index is 0.687. The van der Waals surface area contributed by atoms with Crippen LogP contribution in [0.1, 0.15) is 10.4 Å². The van der Waals surface area contributed by atoms with Gasteiger partial charge in [-0.1, -0.05) is 0 Å². The zero-order valence-corrected chi connectivity index (χ0v) is 9.00. The molecule has 2 rings (SSSR count). The van der Waals surface area contributed by atoms with Crippen LogP contribution in [0.3, 0.4) is 0 Å². The highest BCUT2D eigenvalue weighted by Crippen LogP contribution is 2.22. The van der Waals surface area contributed by atoms with Crippen LogP contribution in [0, 0.1) is 0 Å². The molecule has 0 unspecified atom stereocenters. The summed E-state index contributed by atoms with van der Waals surface area (Å²) >= 11 is 0. The molecule has 16 heavy (non-hydrogen) atoms. The van der Waals surface area contributed by atoms with Gasteiger partial charge in [-0.25, -0.2) is 0 Å². The third kappa shape index (κ3) is 2.08. The highest BCUT2D eigenvalue weighted by Gasteiger charge is 2.02. The number of hydrogen-bond acceptors (Lipinski definition) is 3. The van der Waals surface area contributed by atoms with Gasteiger partial charge in [0.1, 0.15) is 6.29 Å². The molecule has 0 radical (unpaired) electrons. The monoisotopic (exact) mass is 212 g/mol. The van der Waals surface area contributed by atoms with Crippen molar-refractivity contribution < 1.29 is 4.79 Å². The fourth-order valence-corrected chi connectivity index (χ4v) is 1.49. The van der Waals surface area contributed by atoms with Crippen molar-refractivity contribution in [2.75, 3.05) is 11.9 Å². The summed E-state index contributed by atoms with van der Waals surface area (Å²) in [6.45, 7) is 0. The van der Waals surface area contributed by atoms with Crippen LogP contribution in [0.15, 0.2) is 48.8 Å². The molecular weight excluding hydrogens is 200 g/mol. The highest BCUT2D eigenvalue weighted by molar-refractivity contribution is 5.76. The largest absolute Gasteiger partial charge is 0.345 e. The molecule has 1 heterocycles. The Morgan fingerprint density at radius 2 is 1.56 bits per heavy atom. The lowest BCUT2D eigenvalue weighted by Crippen LogP contribution is -2.09. The number of benzene rings is 1. The van der Waals surface area contributed by atoms with Crippen LogP contribution >= 0.6 is 0 Å². The Labute approximate surface area is 94.4 Å². The molecule has 0 bridgehead atoms. The van der Waals surface area contributed by atoms with E-state index in [4.69, 9.17) is 0 Å². The third-order valence-corrected chi connectivity index (χ3v) is 2.47. The molecule has 0 N–H and O–H groups in total. The fraction of sp³-hybridized carbons (Fsp3) is 0.0769. The first-order chi connectivity index (χ1) is 7.81. The molecule has 1 aromatic carbocycles. The number of anilines is 2. The molecule has 80 valence electrons. The Morgan fingerprint density at radius 1 is 1.00 bits per heavy atom. The first-order valence-electron chi connectivity index (χ1n) is 5.00. The third-order valence-electron chi connectivity index (χ3n) is 2.47. The SMILES string of the molecule is CN(c1ccncc1)c1ccc(C=O)cc1. The van der Waals surface area contributed by atoms with E-state index in [1.54, 1.807) is 24.5 Å². The average Bonchev–Trinajstić information content (AvgIpc) is 2.39. The van der Waals surface area contributed by atoms with E-state index in [0.29, 0.717) is 5.56 Å². The average molecular weight is 212 g/mol. The van der Waals surface area contributed by atoms with Crippen molar-refractivity contribution in [3.05, 3.63) is 54.4 Å². The number of rotatable bonds is 3. The van der Waals surface area contributed by atoms with E-state index in [0.717, 1.165) is 17.7 Å². The summed E-state index contributed by atoms with van der Waals surface area (Å²) in [6, 6.07) is 11.3. The number of carbonyl (C=O) groups is 1. The van der Waals surface area contributed by atoms with Crippen molar-refractivity contribution in [3.63, 3.8) is 0 Å². The molecule has 0 aliphatic carbocycles. The second-order valence-corrected chi connectivity index (χ2v) is 3.47. The molecule has 2 aromatic rings. The second kappa shape index (κ2) is 4.57. The van der Waals surface area contributed by atoms with Crippen molar-refractivity contribution in [1.29, 1.82) is 0 Å². The van der Waals surface area contributed by atoms with Crippen LogP contribution in [0.4, 0.5) is 11.4 Å². The maximum atomic E-state index is 10.5. The van der Waals surface area contributed by atoms with Crippen LogP contribution in [0.2, 0.25) is 0 Å². The number of aromatic nitrogens is 1. The minimum atomic E-state index is 0.687. The van der Waals surface area contributed by atoms with Gasteiger partial charge in [-0.05, 0) is 36.4 Å². The zero-order valence-electron chi connectivity index (χ0n) is 9.00. The second-order valence-electron chi connectivity index (χ2n) is 3.47. The molecule has 0 saturated heterocycles. The van der Waals surface area contributed by atoms with Crippen molar-refractivity contribution in [2.45, 2.75) is 0 Å². The first kappa shape index (κ1) is 10.4. The van der Waals surface area contributed by atoms with Crippen molar-refractivity contribution in [3.8, 4) is 0 Å². The van der Waals surface area contributed by atoms with Gasteiger partial charge in [-0.2, -0.15) is 0 Å². The van der Waals surface area contributed by atoms with Gasteiger partial charge in [0.05, 0.1) is 0 Å². The summed E-state index contributed by atoms with van der Waals surface area (Å²) in [5.41, 5.74) is 2.79. The molecule has 0 spiro atoms. The van der Waals surface area contributed by atoms with Gasteiger partial charge in [-0.15, -0.1) is 0 Å². The zero-order chi connectivity index (χ0) is 11.4. The molecule has 0 fully saturated rings. The maximum Gasteiger partial charge on any atom is 0.150 e. The van der Waals surface area contributed by atoms with E-state index >= 15 is 0 Å².